The van der Waals surface area contributed by atoms with Gasteiger partial charge in [-0.05, 0) is 56.2 Å². The number of hydrogen-bond donors (Lipinski definition) is 5. The van der Waals surface area contributed by atoms with Crippen molar-refractivity contribution in [2.24, 2.45) is 17.2 Å². The van der Waals surface area contributed by atoms with Crippen LogP contribution in [0.3, 0.4) is 0 Å². The van der Waals surface area contributed by atoms with E-state index in [1.807, 2.05) is 18.7 Å². The maximum absolute atomic E-state index is 11.2. The van der Waals surface area contributed by atoms with Gasteiger partial charge in [-0.15, -0.1) is 0 Å². The molecular formula is C24H34N4O4. The number of carboxylic acids is 1. The number of aliphatic hydroxyl groups is 1. The van der Waals surface area contributed by atoms with Gasteiger partial charge >= 0.3 is 5.97 Å². The summed E-state index contributed by atoms with van der Waals surface area (Å²) < 4.78 is 5.70. The Bertz CT molecular complexity index is 957. The van der Waals surface area contributed by atoms with E-state index >= 15 is 0 Å². The predicted molar refractivity (Wildman–Crippen MR) is 127 cm³/mol. The second kappa shape index (κ2) is 12.3. The monoisotopic (exact) mass is 442 g/mol. The molecule has 0 amide bonds. The highest BCUT2D eigenvalue weighted by molar-refractivity contribution is 5.87. The zero-order valence-corrected chi connectivity index (χ0v) is 19.1. The maximum Gasteiger partial charge on any atom is 0.335 e. The highest BCUT2D eigenvalue weighted by atomic mass is 16.5. The van der Waals surface area contributed by atoms with Crippen LogP contribution in [-0.2, 0) is 4.74 Å². The minimum absolute atomic E-state index is 0.0295. The number of aliphatic hydroxyl groups excluding tert-OH is 1. The fraction of sp³-hybridized carbons (Fsp3) is 0.292. The molecule has 0 aliphatic rings. The standard InChI is InChI=1S/C24H34N4O4/c1-6-9-21(29)17(7-2)19(25)13-20(23(26)27)28(8-3)14-22(32-5)18-11-10-16(24(30)31)12-15(18)4/h6-7,9-13,22,29H,2,8,14,25-27H2,1,3-5H3,(H,30,31)/b9-6-,19-13-,21-17-. The predicted octanol–water partition coefficient (Wildman–Crippen LogP) is 3.21. The molecule has 8 heteroatoms. The van der Waals surface area contributed by atoms with Crippen molar-refractivity contribution in [3.05, 3.63) is 94.3 Å². The summed E-state index contributed by atoms with van der Waals surface area (Å²) in [4.78, 5) is 13.1. The van der Waals surface area contributed by atoms with Crippen LogP contribution in [0, 0.1) is 6.92 Å². The molecule has 0 aliphatic carbocycles. The van der Waals surface area contributed by atoms with Crippen LogP contribution in [-0.4, -0.2) is 41.3 Å². The lowest BCUT2D eigenvalue weighted by molar-refractivity contribution is 0.0693. The smallest absolute Gasteiger partial charge is 0.335 e. The Morgan fingerprint density at radius 2 is 1.94 bits per heavy atom. The summed E-state index contributed by atoms with van der Waals surface area (Å²) in [6, 6.07) is 4.90. The molecule has 0 aliphatic heterocycles. The molecule has 0 heterocycles. The van der Waals surface area contributed by atoms with Gasteiger partial charge in [0.25, 0.3) is 0 Å². The highest BCUT2D eigenvalue weighted by Gasteiger charge is 2.20. The molecule has 0 saturated carbocycles. The summed E-state index contributed by atoms with van der Waals surface area (Å²) in [5.41, 5.74) is 21.1. The van der Waals surface area contributed by atoms with Gasteiger partial charge in [-0.25, -0.2) is 4.79 Å². The van der Waals surface area contributed by atoms with Gasteiger partial charge in [0.2, 0.25) is 0 Å². The lowest BCUT2D eigenvalue weighted by atomic mass is 9.99. The molecule has 0 bridgehead atoms. The molecule has 1 aromatic rings. The zero-order chi connectivity index (χ0) is 24.4. The summed E-state index contributed by atoms with van der Waals surface area (Å²) >= 11 is 0. The Morgan fingerprint density at radius 3 is 2.38 bits per heavy atom. The van der Waals surface area contributed by atoms with Crippen LogP contribution in [0.15, 0.2) is 77.6 Å². The minimum atomic E-state index is -0.988. The van der Waals surface area contributed by atoms with E-state index < -0.39 is 5.97 Å². The Morgan fingerprint density at radius 1 is 1.28 bits per heavy atom. The van der Waals surface area contributed by atoms with Gasteiger partial charge in [-0.3, -0.25) is 0 Å². The third-order valence-corrected chi connectivity index (χ3v) is 4.96. The second-order valence-corrected chi connectivity index (χ2v) is 7.08. The SMILES string of the molecule is C=CC(/C(N)=C/C(=C(N)N)N(CC)CC(OC)c1ccc(C(=O)O)cc1C)=C(O)\C=C/C. The van der Waals surface area contributed by atoms with Crippen molar-refractivity contribution in [2.45, 2.75) is 26.9 Å². The van der Waals surface area contributed by atoms with E-state index in [9.17, 15) is 15.0 Å². The van der Waals surface area contributed by atoms with Crippen molar-refractivity contribution in [3.8, 4) is 0 Å². The van der Waals surface area contributed by atoms with Gasteiger partial charge in [0.05, 0.1) is 17.4 Å². The number of hydrogen-bond acceptors (Lipinski definition) is 7. The number of nitrogens with zero attached hydrogens (tertiary/aromatic N) is 1. The molecule has 174 valence electrons. The lowest BCUT2D eigenvalue weighted by Crippen LogP contribution is -2.32. The van der Waals surface area contributed by atoms with Crippen LogP contribution >= 0.6 is 0 Å². The largest absolute Gasteiger partial charge is 0.507 e. The molecule has 8 N–H and O–H groups in total. The Hall–Kier alpha value is -3.65. The van der Waals surface area contributed by atoms with Gasteiger partial charge in [0.15, 0.2) is 0 Å². The summed E-state index contributed by atoms with van der Waals surface area (Å²) in [6.45, 7) is 10.2. The highest BCUT2D eigenvalue weighted by Crippen LogP contribution is 2.25. The van der Waals surface area contributed by atoms with E-state index in [1.54, 1.807) is 44.4 Å². The number of allylic oxidation sites excluding steroid dienone is 4. The topological polar surface area (TPSA) is 148 Å². The van der Waals surface area contributed by atoms with Crippen LogP contribution in [0.2, 0.25) is 0 Å². The maximum atomic E-state index is 11.2. The number of aromatic carboxylic acids is 1. The van der Waals surface area contributed by atoms with Gasteiger partial charge in [0.1, 0.15) is 11.6 Å². The number of nitrogens with two attached hydrogens (primary N) is 3. The first-order valence-electron chi connectivity index (χ1n) is 10.1. The summed E-state index contributed by atoms with van der Waals surface area (Å²) in [5.74, 6) is -0.965. The zero-order valence-electron chi connectivity index (χ0n) is 19.1. The first-order valence-corrected chi connectivity index (χ1v) is 10.1. The van der Waals surface area contributed by atoms with Crippen molar-refractivity contribution >= 4 is 5.97 Å². The number of methoxy groups -OCH3 is 1. The number of likely N-dealkylation sites (N-methyl/N-ethyl adjacent to an activating group) is 1. The van der Waals surface area contributed by atoms with Gasteiger partial charge < -0.3 is 37.1 Å². The third-order valence-electron chi connectivity index (χ3n) is 4.96. The summed E-state index contributed by atoms with van der Waals surface area (Å²) in [7, 11) is 1.58. The number of carbonyl (C=O) groups is 1. The Kier molecular flexibility index (Phi) is 10.1. The lowest BCUT2D eigenvalue weighted by Gasteiger charge is -2.30. The average Bonchev–Trinajstić information content (AvgIpc) is 2.74. The molecule has 1 atom stereocenters. The molecule has 1 aromatic carbocycles. The molecule has 0 spiro atoms. The molecule has 32 heavy (non-hydrogen) atoms. The van der Waals surface area contributed by atoms with Crippen molar-refractivity contribution in [1.82, 2.24) is 4.90 Å². The van der Waals surface area contributed by atoms with Crippen molar-refractivity contribution in [3.63, 3.8) is 0 Å². The number of rotatable bonds is 11. The van der Waals surface area contributed by atoms with Crippen molar-refractivity contribution in [2.75, 3.05) is 20.2 Å². The second-order valence-electron chi connectivity index (χ2n) is 7.08. The third kappa shape index (κ3) is 6.68. The minimum Gasteiger partial charge on any atom is -0.507 e. The molecule has 0 fully saturated rings. The Labute approximate surface area is 189 Å². The molecule has 0 saturated heterocycles. The fourth-order valence-electron chi connectivity index (χ4n) is 3.27. The van der Waals surface area contributed by atoms with Gasteiger partial charge in [-0.2, -0.15) is 0 Å². The number of benzene rings is 1. The van der Waals surface area contributed by atoms with Gasteiger partial charge in [-0.1, -0.05) is 24.8 Å². The van der Waals surface area contributed by atoms with Crippen molar-refractivity contribution in [1.29, 1.82) is 0 Å². The van der Waals surface area contributed by atoms with Crippen molar-refractivity contribution < 1.29 is 19.7 Å². The van der Waals surface area contributed by atoms with E-state index in [4.69, 9.17) is 21.9 Å². The van der Waals surface area contributed by atoms with Crippen LogP contribution in [0.4, 0.5) is 0 Å². The van der Waals surface area contributed by atoms with Gasteiger partial charge in [0, 0.05) is 31.5 Å². The van der Waals surface area contributed by atoms with Crippen LogP contribution in [0.25, 0.3) is 0 Å². The van der Waals surface area contributed by atoms with E-state index in [0.29, 0.717) is 24.4 Å². The van der Waals surface area contributed by atoms with E-state index in [-0.39, 0.29) is 28.9 Å². The summed E-state index contributed by atoms with van der Waals surface area (Å²) in [6.07, 6.45) is 5.84. The fourth-order valence-corrected chi connectivity index (χ4v) is 3.27. The van der Waals surface area contributed by atoms with E-state index in [0.717, 1.165) is 11.1 Å². The molecule has 1 unspecified atom stereocenters. The Balaban J connectivity index is 3.36. The number of aryl methyl sites for hydroxylation is 1. The van der Waals surface area contributed by atoms with Crippen LogP contribution in [0.1, 0.15) is 41.4 Å². The van der Waals surface area contributed by atoms with E-state index in [2.05, 4.69) is 6.58 Å². The van der Waals surface area contributed by atoms with E-state index in [1.165, 1.54) is 12.2 Å². The molecule has 8 nitrogen and oxygen atoms in total. The normalized spacial score (nSPS) is 13.4. The molecule has 0 radical (unpaired) electrons. The molecular weight excluding hydrogens is 408 g/mol. The summed E-state index contributed by atoms with van der Waals surface area (Å²) in [5, 5.41) is 19.4. The quantitative estimate of drug-likeness (QED) is 0.259. The van der Waals surface area contributed by atoms with Crippen LogP contribution < -0.4 is 17.2 Å². The molecule has 0 aromatic heterocycles. The number of carboxylic acid groups (broad SMARTS) is 1. The molecule has 1 rings (SSSR count). The number of ether oxygens (including phenoxy) is 1. The van der Waals surface area contributed by atoms with Crippen LogP contribution in [0.5, 0.6) is 0 Å². The average molecular weight is 443 g/mol. The first kappa shape index (κ1) is 26.4. The first-order chi connectivity index (χ1) is 15.1.